The summed E-state index contributed by atoms with van der Waals surface area (Å²) < 4.78 is 13.4. The number of rotatable bonds is 1. The summed E-state index contributed by atoms with van der Waals surface area (Å²) >= 11 is 0. The lowest BCUT2D eigenvalue weighted by Gasteiger charge is -2.38. The first-order valence-electron chi connectivity index (χ1n) is 6.58. The van der Waals surface area contributed by atoms with Gasteiger partial charge in [0.25, 0.3) is 0 Å². The van der Waals surface area contributed by atoms with Gasteiger partial charge in [-0.3, -0.25) is 4.90 Å². The van der Waals surface area contributed by atoms with Crippen LogP contribution < -0.4 is 5.32 Å². The Hall–Kier alpha value is -0.930. The number of benzene rings is 1. The van der Waals surface area contributed by atoms with Crippen LogP contribution >= 0.6 is 0 Å². The number of nitrogens with zero attached hydrogens (tertiary/aromatic N) is 1. The van der Waals surface area contributed by atoms with Crippen molar-refractivity contribution in [2.24, 2.45) is 0 Å². The Morgan fingerprint density at radius 3 is 2.82 bits per heavy atom. The van der Waals surface area contributed by atoms with Crippen LogP contribution in [0.25, 0.3) is 0 Å². The highest BCUT2D eigenvalue weighted by Crippen LogP contribution is 2.29. The van der Waals surface area contributed by atoms with Crippen molar-refractivity contribution < 1.29 is 4.39 Å². The summed E-state index contributed by atoms with van der Waals surface area (Å²) in [7, 11) is 0. The molecule has 1 aromatic rings. The van der Waals surface area contributed by atoms with Crippen LogP contribution in [0.3, 0.4) is 0 Å². The molecule has 2 aliphatic rings. The fourth-order valence-corrected chi connectivity index (χ4v) is 3.05. The van der Waals surface area contributed by atoms with Gasteiger partial charge in [-0.2, -0.15) is 0 Å². The minimum atomic E-state index is -0.104. The van der Waals surface area contributed by atoms with Gasteiger partial charge in [0.1, 0.15) is 5.82 Å². The van der Waals surface area contributed by atoms with Gasteiger partial charge in [-0.15, -0.1) is 0 Å². The van der Waals surface area contributed by atoms with Crippen LogP contribution in [0.1, 0.15) is 36.4 Å². The zero-order valence-electron chi connectivity index (χ0n) is 10.1. The van der Waals surface area contributed by atoms with Crippen LogP contribution in [0.4, 0.5) is 4.39 Å². The zero-order chi connectivity index (χ0) is 11.7. The Morgan fingerprint density at radius 1 is 1.18 bits per heavy atom. The van der Waals surface area contributed by atoms with E-state index in [2.05, 4.69) is 10.2 Å². The molecule has 2 aliphatic heterocycles. The molecule has 3 heteroatoms. The van der Waals surface area contributed by atoms with Crippen molar-refractivity contribution in [2.75, 3.05) is 19.6 Å². The van der Waals surface area contributed by atoms with Crippen LogP contribution in [-0.4, -0.2) is 24.5 Å². The van der Waals surface area contributed by atoms with Gasteiger partial charge >= 0.3 is 0 Å². The van der Waals surface area contributed by atoms with E-state index in [4.69, 9.17) is 0 Å². The smallest absolute Gasteiger partial charge is 0.123 e. The number of nitrogens with one attached hydrogen (secondary N) is 1. The molecule has 0 radical (unpaired) electrons. The van der Waals surface area contributed by atoms with Gasteiger partial charge in [0.05, 0.1) is 0 Å². The van der Waals surface area contributed by atoms with E-state index in [0.29, 0.717) is 6.04 Å². The van der Waals surface area contributed by atoms with Gasteiger partial charge < -0.3 is 5.32 Å². The lowest BCUT2D eigenvalue weighted by molar-refractivity contribution is 0.154. The molecule has 0 aromatic heterocycles. The van der Waals surface area contributed by atoms with Crippen LogP contribution in [0.2, 0.25) is 0 Å². The zero-order valence-corrected chi connectivity index (χ0v) is 10.1. The summed E-state index contributed by atoms with van der Waals surface area (Å²) in [5.41, 5.74) is 2.46. The highest BCUT2D eigenvalue weighted by atomic mass is 19.1. The Kier molecular flexibility index (Phi) is 3.12. The van der Waals surface area contributed by atoms with Crippen LogP contribution in [0, 0.1) is 5.82 Å². The average molecular weight is 234 g/mol. The molecule has 0 bridgehead atoms. The Bertz CT molecular complexity index is 399. The van der Waals surface area contributed by atoms with Crippen molar-refractivity contribution >= 4 is 0 Å². The topological polar surface area (TPSA) is 15.3 Å². The number of hydrogen-bond acceptors (Lipinski definition) is 2. The van der Waals surface area contributed by atoms with Gasteiger partial charge in [0.15, 0.2) is 0 Å². The largest absolute Gasteiger partial charge is 0.311 e. The third-order valence-corrected chi connectivity index (χ3v) is 3.95. The summed E-state index contributed by atoms with van der Waals surface area (Å²) in [6.07, 6.45) is 3.90. The van der Waals surface area contributed by atoms with E-state index in [-0.39, 0.29) is 5.82 Å². The van der Waals surface area contributed by atoms with Crippen molar-refractivity contribution in [1.82, 2.24) is 10.2 Å². The first-order valence-corrected chi connectivity index (χ1v) is 6.58. The highest BCUT2D eigenvalue weighted by molar-refractivity contribution is 5.33. The standard InChI is InChI=1S/C14H19FN2/c15-12-5-4-11-9-16-10-14(13(11)8-12)17-6-2-1-3-7-17/h4-5,8,14,16H,1-3,6-7,9-10H2/t14-/m0/s1. The summed E-state index contributed by atoms with van der Waals surface area (Å²) in [6, 6.07) is 5.59. The van der Waals surface area contributed by atoms with Crippen LogP contribution in [-0.2, 0) is 6.54 Å². The van der Waals surface area contributed by atoms with E-state index in [9.17, 15) is 4.39 Å². The maximum absolute atomic E-state index is 13.4. The molecular formula is C14H19FN2. The first kappa shape index (κ1) is 11.2. The maximum atomic E-state index is 13.4. The molecule has 1 N–H and O–H groups in total. The molecule has 1 fully saturated rings. The molecule has 3 rings (SSSR count). The van der Waals surface area contributed by atoms with Crippen LogP contribution in [0.15, 0.2) is 18.2 Å². The molecule has 0 unspecified atom stereocenters. The molecule has 1 atom stereocenters. The fourth-order valence-electron chi connectivity index (χ4n) is 3.05. The quantitative estimate of drug-likeness (QED) is 0.803. The predicted octanol–water partition coefficient (Wildman–Crippen LogP) is 2.46. The SMILES string of the molecule is Fc1ccc2c(c1)[C@@H](N1CCCCC1)CNC2. The van der Waals surface area contributed by atoms with Gasteiger partial charge in [0, 0.05) is 19.1 Å². The summed E-state index contributed by atoms with van der Waals surface area (Å²) in [5.74, 6) is -0.104. The van der Waals surface area contributed by atoms with E-state index in [1.165, 1.54) is 30.4 Å². The monoisotopic (exact) mass is 234 g/mol. The molecular weight excluding hydrogens is 215 g/mol. The second-order valence-corrected chi connectivity index (χ2v) is 5.09. The van der Waals surface area contributed by atoms with E-state index >= 15 is 0 Å². The summed E-state index contributed by atoms with van der Waals surface area (Å²) in [6.45, 7) is 4.14. The molecule has 0 spiro atoms. The first-order chi connectivity index (χ1) is 8.34. The van der Waals surface area contributed by atoms with Crippen molar-refractivity contribution in [3.63, 3.8) is 0 Å². The lowest BCUT2D eigenvalue weighted by atomic mass is 9.94. The highest BCUT2D eigenvalue weighted by Gasteiger charge is 2.26. The lowest BCUT2D eigenvalue weighted by Crippen LogP contribution is -2.42. The minimum Gasteiger partial charge on any atom is -0.311 e. The van der Waals surface area contributed by atoms with Gasteiger partial charge in [-0.05, 0) is 49.2 Å². The summed E-state index contributed by atoms with van der Waals surface area (Å²) in [4.78, 5) is 2.51. The second kappa shape index (κ2) is 4.75. The Morgan fingerprint density at radius 2 is 2.00 bits per heavy atom. The number of fused-ring (bicyclic) bond motifs is 1. The molecule has 2 heterocycles. The Labute approximate surface area is 102 Å². The maximum Gasteiger partial charge on any atom is 0.123 e. The molecule has 1 saturated heterocycles. The number of likely N-dealkylation sites (tertiary alicyclic amines) is 1. The Balaban J connectivity index is 1.89. The second-order valence-electron chi connectivity index (χ2n) is 5.09. The third kappa shape index (κ3) is 2.22. The van der Waals surface area contributed by atoms with Crippen molar-refractivity contribution in [2.45, 2.75) is 31.8 Å². The summed E-state index contributed by atoms with van der Waals surface area (Å²) in [5, 5.41) is 3.44. The van der Waals surface area contributed by atoms with E-state index in [1.54, 1.807) is 12.1 Å². The van der Waals surface area contributed by atoms with Gasteiger partial charge in [-0.1, -0.05) is 12.5 Å². The molecule has 17 heavy (non-hydrogen) atoms. The van der Waals surface area contributed by atoms with E-state index in [0.717, 1.165) is 26.2 Å². The molecule has 0 aliphatic carbocycles. The molecule has 0 saturated carbocycles. The molecule has 0 amide bonds. The number of halogens is 1. The van der Waals surface area contributed by atoms with Crippen molar-refractivity contribution in [3.05, 3.63) is 35.1 Å². The minimum absolute atomic E-state index is 0.104. The number of piperidine rings is 1. The number of hydrogen-bond donors (Lipinski definition) is 1. The van der Waals surface area contributed by atoms with Crippen molar-refractivity contribution in [1.29, 1.82) is 0 Å². The van der Waals surface area contributed by atoms with Crippen LogP contribution in [0.5, 0.6) is 0 Å². The predicted molar refractivity (Wildman–Crippen MR) is 66.3 cm³/mol. The molecule has 2 nitrogen and oxygen atoms in total. The average Bonchev–Trinajstić information content (AvgIpc) is 2.39. The van der Waals surface area contributed by atoms with Gasteiger partial charge in [-0.25, -0.2) is 4.39 Å². The van der Waals surface area contributed by atoms with Gasteiger partial charge in [0.2, 0.25) is 0 Å². The van der Waals surface area contributed by atoms with E-state index in [1.807, 2.05) is 6.07 Å². The van der Waals surface area contributed by atoms with Crippen molar-refractivity contribution in [3.8, 4) is 0 Å². The molecule has 92 valence electrons. The third-order valence-electron chi connectivity index (χ3n) is 3.95. The fraction of sp³-hybridized carbons (Fsp3) is 0.571. The molecule has 1 aromatic carbocycles. The van der Waals surface area contributed by atoms with E-state index < -0.39 is 0 Å². The normalized spacial score (nSPS) is 25.6.